The topological polar surface area (TPSA) is 96.4 Å². The summed E-state index contributed by atoms with van der Waals surface area (Å²) in [5, 5.41) is 10.1. The number of carbonyl (C=O) groups is 3. The smallest absolute Gasteiger partial charge is 0.313 e. The predicted octanol–water partition coefficient (Wildman–Crippen LogP) is 2.70. The quantitative estimate of drug-likeness (QED) is 0.417. The minimum atomic E-state index is -1.19. The van der Waals surface area contributed by atoms with Crippen LogP contribution in [-0.4, -0.2) is 70.8 Å². The van der Waals surface area contributed by atoms with Gasteiger partial charge >= 0.3 is 5.97 Å². The zero-order valence-electron chi connectivity index (χ0n) is 21.5. The molecule has 2 unspecified atom stereocenters. The third kappa shape index (κ3) is 3.69. The Bertz CT molecular complexity index is 1080. The van der Waals surface area contributed by atoms with Gasteiger partial charge in [0.2, 0.25) is 5.91 Å². The van der Waals surface area contributed by atoms with E-state index >= 15 is 0 Å². The number of anilines is 1. The van der Waals surface area contributed by atoms with Gasteiger partial charge in [-0.25, -0.2) is 0 Å². The molecule has 0 aromatic heterocycles. The van der Waals surface area contributed by atoms with Gasteiger partial charge in [0.05, 0.1) is 24.2 Å². The fourth-order valence-corrected chi connectivity index (χ4v) is 6.59. The first-order valence-corrected chi connectivity index (χ1v) is 12.5. The van der Waals surface area contributed by atoms with Crippen LogP contribution >= 0.6 is 0 Å². The highest BCUT2D eigenvalue weighted by Crippen LogP contribution is 2.63. The molecule has 3 saturated heterocycles. The molecule has 2 bridgehead atoms. The molecule has 36 heavy (non-hydrogen) atoms. The minimum absolute atomic E-state index is 0.0259. The van der Waals surface area contributed by atoms with E-state index in [4.69, 9.17) is 9.47 Å². The Balaban J connectivity index is 1.84. The summed E-state index contributed by atoms with van der Waals surface area (Å²) in [6, 6.07) is 4.15. The number of nitrogens with zero attached hydrogens (tertiary/aromatic N) is 2. The number of aliphatic hydroxyl groups excluding tert-OH is 1. The minimum Gasteiger partial charge on any atom is -0.461 e. The summed E-state index contributed by atoms with van der Waals surface area (Å²) in [6.45, 7) is 14.8. The molecule has 0 saturated carbocycles. The third-order valence-electron chi connectivity index (χ3n) is 8.07. The maximum absolute atomic E-state index is 14.5. The molecule has 6 atom stereocenters. The molecule has 8 heteroatoms. The normalized spacial score (nSPS) is 31.2. The Morgan fingerprint density at radius 1 is 1.28 bits per heavy atom. The largest absolute Gasteiger partial charge is 0.461 e. The van der Waals surface area contributed by atoms with Gasteiger partial charge in [-0.15, -0.1) is 6.58 Å². The number of aliphatic hydroxyl groups is 1. The summed E-state index contributed by atoms with van der Waals surface area (Å²) in [5.74, 6) is -2.93. The predicted molar refractivity (Wildman–Crippen MR) is 135 cm³/mol. The molecule has 2 amide bonds. The number of amides is 2. The van der Waals surface area contributed by atoms with Gasteiger partial charge < -0.3 is 24.4 Å². The zero-order chi connectivity index (χ0) is 26.4. The van der Waals surface area contributed by atoms with E-state index < -0.39 is 41.1 Å². The standard InChI is InChI=1S/C28H36N2O6/c1-7-14-29(22-17(3)10-9-11-18(22)4)25(33)23-28-13-12-27(6,36-28)21(26(34)35-15-8-2)20(28)24(32)30(23)19(5)16-31/h7-11,19-21,23,31H,1-2,12-16H2,3-6H3/t19-,20+,21+,23?,27-,28?/m1/s1. The number of rotatable bonds is 9. The first-order valence-electron chi connectivity index (χ1n) is 12.5. The number of hydrogen-bond donors (Lipinski definition) is 1. The third-order valence-corrected chi connectivity index (χ3v) is 8.07. The van der Waals surface area contributed by atoms with Gasteiger partial charge in [-0.1, -0.05) is 36.9 Å². The lowest BCUT2D eigenvalue weighted by Crippen LogP contribution is -2.58. The zero-order valence-corrected chi connectivity index (χ0v) is 21.5. The maximum atomic E-state index is 14.5. The molecule has 3 aliphatic rings. The van der Waals surface area contributed by atoms with E-state index in [-0.39, 0.29) is 31.6 Å². The van der Waals surface area contributed by atoms with E-state index in [2.05, 4.69) is 13.2 Å². The molecule has 1 aromatic carbocycles. The van der Waals surface area contributed by atoms with Gasteiger partial charge in [-0.2, -0.15) is 0 Å². The highest BCUT2D eigenvalue weighted by atomic mass is 16.6. The molecule has 0 radical (unpaired) electrons. The lowest BCUT2D eigenvalue weighted by atomic mass is 9.66. The van der Waals surface area contributed by atoms with Crippen LogP contribution in [-0.2, 0) is 23.9 Å². The Kier molecular flexibility index (Phi) is 6.88. The van der Waals surface area contributed by atoms with Gasteiger partial charge in [0, 0.05) is 12.2 Å². The van der Waals surface area contributed by atoms with Crippen LogP contribution in [0.5, 0.6) is 0 Å². The average Bonchev–Trinajstić information content (AvgIpc) is 3.41. The summed E-state index contributed by atoms with van der Waals surface area (Å²) >= 11 is 0. The number of esters is 1. The van der Waals surface area contributed by atoms with Gasteiger partial charge in [-0.05, 0) is 51.7 Å². The van der Waals surface area contributed by atoms with Crippen molar-refractivity contribution in [1.29, 1.82) is 0 Å². The number of hydrogen-bond acceptors (Lipinski definition) is 6. The van der Waals surface area contributed by atoms with Crippen LogP contribution in [0.2, 0.25) is 0 Å². The van der Waals surface area contributed by atoms with E-state index in [0.29, 0.717) is 12.8 Å². The van der Waals surface area contributed by atoms with Crippen LogP contribution in [0.1, 0.15) is 37.8 Å². The van der Waals surface area contributed by atoms with Crippen LogP contribution < -0.4 is 4.90 Å². The molecule has 1 N–H and O–H groups in total. The first-order chi connectivity index (χ1) is 17.1. The van der Waals surface area contributed by atoms with Crippen LogP contribution in [0.4, 0.5) is 5.69 Å². The van der Waals surface area contributed by atoms with Crippen LogP contribution in [0.15, 0.2) is 43.5 Å². The van der Waals surface area contributed by atoms with Crippen molar-refractivity contribution >= 4 is 23.5 Å². The Labute approximate surface area is 212 Å². The Hall–Kier alpha value is -2.97. The summed E-state index contributed by atoms with van der Waals surface area (Å²) in [4.78, 5) is 44.7. The fraction of sp³-hybridized carbons (Fsp3) is 0.536. The molecule has 0 aliphatic carbocycles. The molecule has 3 aliphatic heterocycles. The highest BCUT2D eigenvalue weighted by Gasteiger charge is 2.79. The van der Waals surface area contributed by atoms with Gasteiger partial charge in [0.15, 0.2) is 0 Å². The average molecular weight is 497 g/mol. The van der Waals surface area contributed by atoms with Crippen molar-refractivity contribution in [1.82, 2.24) is 4.90 Å². The number of fused-ring (bicyclic) bond motifs is 1. The lowest BCUT2D eigenvalue weighted by Gasteiger charge is -2.39. The second-order valence-corrected chi connectivity index (χ2v) is 10.4. The second-order valence-electron chi connectivity index (χ2n) is 10.4. The molecular formula is C28H36N2O6. The molecule has 1 spiro atoms. The lowest BCUT2D eigenvalue weighted by molar-refractivity contribution is -0.159. The van der Waals surface area contributed by atoms with Crippen molar-refractivity contribution in [3.63, 3.8) is 0 Å². The van der Waals surface area contributed by atoms with E-state index in [1.165, 1.54) is 11.0 Å². The summed E-state index contributed by atoms with van der Waals surface area (Å²) in [6.07, 6.45) is 4.09. The maximum Gasteiger partial charge on any atom is 0.313 e. The van der Waals surface area contributed by atoms with Gasteiger partial charge in [0.1, 0.15) is 24.2 Å². The van der Waals surface area contributed by atoms with Crippen LogP contribution in [0.25, 0.3) is 0 Å². The molecule has 4 rings (SSSR count). The van der Waals surface area contributed by atoms with Gasteiger partial charge in [0.25, 0.3) is 5.91 Å². The van der Waals surface area contributed by atoms with Crippen molar-refractivity contribution in [3.05, 3.63) is 54.6 Å². The molecule has 8 nitrogen and oxygen atoms in total. The van der Waals surface area contributed by atoms with E-state index in [9.17, 15) is 19.5 Å². The van der Waals surface area contributed by atoms with Crippen molar-refractivity contribution in [3.8, 4) is 0 Å². The first kappa shape index (κ1) is 26.1. The summed E-state index contributed by atoms with van der Waals surface area (Å²) < 4.78 is 12.0. The fourth-order valence-electron chi connectivity index (χ4n) is 6.59. The molecule has 1 aromatic rings. The number of benzene rings is 1. The number of likely N-dealkylation sites (tertiary alicyclic amines) is 1. The molecule has 3 fully saturated rings. The second kappa shape index (κ2) is 9.48. The molecular weight excluding hydrogens is 460 g/mol. The monoisotopic (exact) mass is 496 g/mol. The number of aryl methyl sites for hydroxylation is 2. The molecule has 3 heterocycles. The number of para-hydroxylation sites is 1. The highest BCUT2D eigenvalue weighted by molar-refractivity contribution is 6.05. The molecule has 194 valence electrons. The van der Waals surface area contributed by atoms with E-state index in [0.717, 1.165) is 16.8 Å². The van der Waals surface area contributed by atoms with E-state index in [1.54, 1.807) is 17.9 Å². The van der Waals surface area contributed by atoms with Crippen molar-refractivity contribution in [2.75, 3.05) is 24.7 Å². The SMILES string of the molecule is C=CCOC(=O)[C@@H]1[C@H]2C(=O)N([C@H](C)CO)C(C(=O)N(CC=C)c3c(C)cccc3C)C23CC[C@@]1(C)O3. The van der Waals surface area contributed by atoms with Crippen LogP contribution in [0, 0.1) is 25.7 Å². The Morgan fingerprint density at radius 3 is 2.53 bits per heavy atom. The van der Waals surface area contributed by atoms with E-state index in [1.807, 2.05) is 39.0 Å². The number of ether oxygens (including phenoxy) is 2. The van der Waals surface area contributed by atoms with Crippen molar-refractivity contribution < 1.29 is 29.0 Å². The van der Waals surface area contributed by atoms with Crippen molar-refractivity contribution in [2.24, 2.45) is 11.8 Å². The summed E-state index contributed by atoms with van der Waals surface area (Å²) in [7, 11) is 0. The Morgan fingerprint density at radius 2 is 1.94 bits per heavy atom. The van der Waals surface area contributed by atoms with Crippen molar-refractivity contribution in [2.45, 2.75) is 63.8 Å². The number of carbonyl (C=O) groups excluding carboxylic acids is 3. The van der Waals surface area contributed by atoms with Gasteiger partial charge in [-0.3, -0.25) is 14.4 Å². The summed E-state index contributed by atoms with van der Waals surface area (Å²) in [5.41, 5.74) is 0.472. The van der Waals surface area contributed by atoms with Crippen LogP contribution in [0.3, 0.4) is 0 Å².